The first-order chi connectivity index (χ1) is 6.24. The Balaban J connectivity index is 2.15. The Kier molecular flexibility index (Phi) is 4.70. The first kappa shape index (κ1) is 11.0. The van der Waals surface area contributed by atoms with Crippen LogP contribution in [0.15, 0.2) is 0 Å². The van der Waals surface area contributed by atoms with E-state index in [1.807, 2.05) is 6.92 Å². The molecule has 1 atom stereocenters. The number of rotatable bonds is 4. The molecule has 0 aromatic heterocycles. The normalized spacial score (nSPS) is 23.3. The van der Waals surface area contributed by atoms with Gasteiger partial charge in [-0.25, -0.2) is 0 Å². The van der Waals surface area contributed by atoms with Crippen molar-refractivity contribution in [2.24, 2.45) is 11.7 Å². The molecule has 1 rings (SSSR count). The molecule has 1 unspecified atom stereocenters. The van der Waals surface area contributed by atoms with Crippen molar-refractivity contribution in [1.82, 2.24) is 4.90 Å². The van der Waals surface area contributed by atoms with Gasteiger partial charge in [-0.15, -0.1) is 0 Å². The Morgan fingerprint density at radius 3 is 2.54 bits per heavy atom. The largest absolute Gasteiger partial charge is 0.393 e. The third kappa shape index (κ3) is 3.63. The average molecular weight is 186 g/mol. The Morgan fingerprint density at radius 2 is 2.08 bits per heavy atom. The van der Waals surface area contributed by atoms with Gasteiger partial charge in [0.2, 0.25) is 0 Å². The maximum Gasteiger partial charge on any atom is 0.0541 e. The van der Waals surface area contributed by atoms with E-state index in [-0.39, 0.29) is 6.10 Å². The SMILES string of the molecule is CC(O)C1CCN(CCCN)CC1. The highest BCUT2D eigenvalue weighted by atomic mass is 16.3. The molecule has 1 fully saturated rings. The quantitative estimate of drug-likeness (QED) is 0.669. The van der Waals surface area contributed by atoms with Crippen LogP contribution >= 0.6 is 0 Å². The summed E-state index contributed by atoms with van der Waals surface area (Å²) in [6.45, 7) is 6.09. The second kappa shape index (κ2) is 5.58. The van der Waals surface area contributed by atoms with Crippen LogP contribution in [0.3, 0.4) is 0 Å². The zero-order valence-corrected chi connectivity index (χ0v) is 8.58. The molecule has 3 N–H and O–H groups in total. The summed E-state index contributed by atoms with van der Waals surface area (Å²) in [5.41, 5.74) is 5.45. The Labute approximate surface area is 80.9 Å². The second-order valence-corrected chi connectivity index (χ2v) is 4.06. The summed E-state index contributed by atoms with van der Waals surface area (Å²) in [4.78, 5) is 2.45. The Bertz CT molecular complexity index is 131. The van der Waals surface area contributed by atoms with Crippen molar-refractivity contribution in [3.05, 3.63) is 0 Å². The fourth-order valence-electron chi connectivity index (χ4n) is 1.97. The van der Waals surface area contributed by atoms with Crippen LogP contribution in [-0.4, -0.2) is 42.3 Å². The lowest BCUT2D eigenvalue weighted by atomic mass is 9.92. The standard InChI is InChI=1S/C10H22N2O/c1-9(13)10-3-7-12(8-4-10)6-2-5-11/h9-10,13H,2-8,11H2,1H3. The van der Waals surface area contributed by atoms with Crippen molar-refractivity contribution in [3.63, 3.8) is 0 Å². The smallest absolute Gasteiger partial charge is 0.0541 e. The minimum absolute atomic E-state index is 0.128. The predicted molar refractivity (Wildman–Crippen MR) is 54.5 cm³/mol. The highest BCUT2D eigenvalue weighted by Gasteiger charge is 2.21. The fraction of sp³-hybridized carbons (Fsp3) is 1.00. The zero-order valence-electron chi connectivity index (χ0n) is 8.58. The molecule has 13 heavy (non-hydrogen) atoms. The number of nitrogens with two attached hydrogens (primary N) is 1. The van der Waals surface area contributed by atoms with E-state index in [9.17, 15) is 5.11 Å². The van der Waals surface area contributed by atoms with Crippen LogP contribution in [-0.2, 0) is 0 Å². The van der Waals surface area contributed by atoms with Gasteiger partial charge < -0.3 is 15.7 Å². The molecule has 1 aliphatic rings. The van der Waals surface area contributed by atoms with Crippen LogP contribution in [0.1, 0.15) is 26.2 Å². The van der Waals surface area contributed by atoms with Gasteiger partial charge in [0.25, 0.3) is 0 Å². The van der Waals surface area contributed by atoms with Crippen molar-refractivity contribution in [2.45, 2.75) is 32.3 Å². The van der Waals surface area contributed by atoms with Gasteiger partial charge in [0, 0.05) is 0 Å². The minimum atomic E-state index is -0.128. The van der Waals surface area contributed by atoms with Crippen LogP contribution in [0.25, 0.3) is 0 Å². The van der Waals surface area contributed by atoms with E-state index in [1.54, 1.807) is 0 Å². The van der Waals surface area contributed by atoms with Gasteiger partial charge >= 0.3 is 0 Å². The number of likely N-dealkylation sites (tertiary alicyclic amines) is 1. The third-order valence-electron chi connectivity index (χ3n) is 2.99. The lowest BCUT2D eigenvalue weighted by Crippen LogP contribution is -2.37. The molecule has 0 spiro atoms. The van der Waals surface area contributed by atoms with Crippen molar-refractivity contribution in [2.75, 3.05) is 26.2 Å². The number of hydrogen-bond donors (Lipinski definition) is 2. The average Bonchev–Trinajstić information content (AvgIpc) is 2.15. The first-order valence-corrected chi connectivity index (χ1v) is 5.34. The second-order valence-electron chi connectivity index (χ2n) is 4.06. The monoisotopic (exact) mass is 186 g/mol. The minimum Gasteiger partial charge on any atom is -0.393 e. The van der Waals surface area contributed by atoms with E-state index >= 15 is 0 Å². The Morgan fingerprint density at radius 1 is 1.46 bits per heavy atom. The molecule has 0 saturated carbocycles. The maximum absolute atomic E-state index is 9.40. The molecule has 0 aromatic carbocycles. The van der Waals surface area contributed by atoms with E-state index < -0.39 is 0 Å². The molecular formula is C10H22N2O. The molecule has 1 aliphatic heterocycles. The number of nitrogens with zero attached hydrogens (tertiary/aromatic N) is 1. The van der Waals surface area contributed by atoms with E-state index in [4.69, 9.17) is 5.73 Å². The van der Waals surface area contributed by atoms with Crippen LogP contribution in [0.5, 0.6) is 0 Å². The zero-order chi connectivity index (χ0) is 9.68. The fourth-order valence-corrected chi connectivity index (χ4v) is 1.97. The summed E-state index contributed by atoms with van der Waals surface area (Å²) in [5, 5.41) is 9.40. The first-order valence-electron chi connectivity index (χ1n) is 5.34. The van der Waals surface area contributed by atoms with Gasteiger partial charge in [-0.05, 0) is 58.3 Å². The molecule has 0 radical (unpaired) electrons. The molecule has 0 aromatic rings. The molecule has 0 aliphatic carbocycles. The van der Waals surface area contributed by atoms with Crippen LogP contribution in [0, 0.1) is 5.92 Å². The van der Waals surface area contributed by atoms with E-state index in [1.165, 1.54) is 0 Å². The van der Waals surface area contributed by atoms with Crippen molar-refractivity contribution in [1.29, 1.82) is 0 Å². The Hall–Kier alpha value is -0.120. The van der Waals surface area contributed by atoms with Crippen molar-refractivity contribution < 1.29 is 5.11 Å². The number of piperidine rings is 1. The summed E-state index contributed by atoms with van der Waals surface area (Å²) in [6.07, 6.45) is 3.25. The topological polar surface area (TPSA) is 49.5 Å². The maximum atomic E-state index is 9.40. The highest BCUT2D eigenvalue weighted by molar-refractivity contribution is 4.75. The lowest BCUT2D eigenvalue weighted by molar-refractivity contribution is 0.0718. The molecule has 0 amide bonds. The summed E-state index contributed by atoms with van der Waals surface area (Å²) >= 11 is 0. The summed E-state index contributed by atoms with van der Waals surface area (Å²) in [5.74, 6) is 0.522. The van der Waals surface area contributed by atoms with E-state index in [0.717, 1.165) is 45.4 Å². The van der Waals surface area contributed by atoms with Crippen LogP contribution in [0.4, 0.5) is 0 Å². The summed E-state index contributed by atoms with van der Waals surface area (Å²) < 4.78 is 0. The van der Waals surface area contributed by atoms with Gasteiger partial charge in [-0.1, -0.05) is 0 Å². The van der Waals surface area contributed by atoms with E-state index in [2.05, 4.69) is 4.90 Å². The van der Waals surface area contributed by atoms with Crippen molar-refractivity contribution >= 4 is 0 Å². The summed E-state index contributed by atoms with van der Waals surface area (Å²) in [6, 6.07) is 0. The molecule has 3 nitrogen and oxygen atoms in total. The lowest BCUT2D eigenvalue weighted by Gasteiger charge is -2.33. The third-order valence-corrected chi connectivity index (χ3v) is 2.99. The number of aliphatic hydroxyl groups excluding tert-OH is 1. The molecule has 1 saturated heterocycles. The van der Waals surface area contributed by atoms with Gasteiger partial charge in [0.1, 0.15) is 0 Å². The van der Waals surface area contributed by atoms with E-state index in [0.29, 0.717) is 5.92 Å². The highest BCUT2D eigenvalue weighted by Crippen LogP contribution is 2.20. The molecule has 0 bridgehead atoms. The van der Waals surface area contributed by atoms with Crippen molar-refractivity contribution in [3.8, 4) is 0 Å². The van der Waals surface area contributed by atoms with Crippen LogP contribution in [0.2, 0.25) is 0 Å². The number of aliphatic hydroxyl groups is 1. The molecular weight excluding hydrogens is 164 g/mol. The van der Waals surface area contributed by atoms with Gasteiger partial charge in [-0.3, -0.25) is 0 Å². The molecule has 78 valence electrons. The van der Waals surface area contributed by atoms with Gasteiger partial charge in [-0.2, -0.15) is 0 Å². The number of hydrogen-bond acceptors (Lipinski definition) is 3. The van der Waals surface area contributed by atoms with Crippen LogP contribution < -0.4 is 5.73 Å². The molecule has 3 heteroatoms. The van der Waals surface area contributed by atoms with Gasteiger partial charge in [0.15, 0.2) is 0 Å². The summed E-state index contributed by atoms with van der Waals surface area (Å²) in [7, 11) is 0. The molecule has 1 heterocycles. The van der Waals surface area contributed by atoms with Gasteiger partial charge in [0.05, 0.1) is 6.10 Å². The predicted octanol–water partition coefficient (Wildman–Crippen LogP) is 0.428.